The SMILES string of the molecule is CC(=O)N[C@@H](CC(N)=O)C(=O)N[C@@H](CCN(C(=O)CO)[C@@H](c1cc(-c2cc(F)ccc2F)cn1Cc1ccccc1)C(C)(C)C)C(=O)NCCCC(=O)CN1C(=O)C=CC1=O. The lowest BCUT2D eigenvalue weighted by Crippen LogP contribution is -2.55. The van der Waals surface area contributed by atoms with Gasteiger partial charge in [0, 0.05) is 68.1 Å². The summed E-state index contributed by atoms with van der Waals surface area (Å²) >= 11 is 0. The molecule has 1 aliphatic heterocycles. The highest BCUT2D eigenvalue weighted by Gasteiger charge is 2.38. The molecule has 326 valence electrons. The van der Waals surface area contributed by atoms with Gasteiger partial charge >= 0.3 is 0 Å². The second-order valence-electron chi connectivity index (χ2n) is 15.7. The number of ketones is 1. The summed E-state index contributed by atoms with van der Waals surface area (Å²) in [5.41, 5.74) is 6.12. The largest absolute Gasteiger partial charge is 0.387 e. The average Bonchev–Trinajstić information content (AvgIpc) is 3.74. The molecule has 0 fully saturated rings. The van der Waals surface area contributed by atoms with E-state index >= 15 is 4.39 Å². The van der Waals surface area contributed by atoms with E-state index in [1.807, 2.05) is 51.1 Å². The molecule has 0 bridgehead atoms. The Bertz CT molecular complexity index is 2130. The number of aliphatic hydroxyl groups is 1. The number of Topliss-reactive ketones (excluding diaryl/α,β-unsaturated/α-hetero) is 1. The number of benzene rings is 2. The third-order valence-corrected chi connectivity index (χ3v) is 9.79. The molecule has 3 aromatic rings. The fourth-order valence-corrected chi connectivity index (χ4v) is 7.03. The summed E-state index contributed by atoms with van der Waals surface area (Å²) in [5, 5.41) is 17.8. The van der Waals surface area contributed by atoms with Crippen molar-refractivity contribution in [3.05, 3.63) is 95.8 Å². The second kappa shape index (κ2) is 21.1. The van der Waals surface area contributed by atoms with E-state index < -0.39 is 102 Å². The van der Waals surface area contributed by atoms with Gasteiger partial charge in [-0.25, -0.2) is 8.78 Å². The highest BCUT2D eigenvalue weighted by Crippen LogP contribution is 2.41. The summed E-state index contributed by atoms with van der Waals surface area (Å²) in [6.45, 7) is 5.09. The van der Waals surface area contributed by atoms with Gasteiger partial charge in [-0.3, -0.25) is 43.3 Å². The molecule has 0 radical (unpaired) electrons. The van der Waals surface area contributed by atoms with Gasteiger partial charge in [0.15, 0.2) is 5.78 Å². The number of rotatable bonds is 21. The van der Waals surface area contributed by atoms with Crippen molar-refractivity contribution in [2.45, 2.75) is 78.0 Å². The summed E-state index contributed by atoms with van der Waals surface area (Å²) < 4.78 is 31.5. The summed E-state index contributed by atoms with van der Waals surface area (Å²) in [6.07, 6.45) is 2.82. The topological polar surface area (TPSA) is 230 Å². The van der Waals surface area contributed by atoms with Gasteiger partial charge in [0.1, 0.15) is 30.3 Å². The third kappa shape index (κ3) is 13.2. The zero-order valence-corrected chi connectivity index (χ0v) is 34.4. The van der Waals surface area contributed by atoms with E-state index in [2.05, 4.69) is 16.0 Å². The van der Waals surface area contributed by atoms with Crippen LogP contribution in [0.2, 0.25) is 0 Å². The van der Waals surface area contributed by atoms with E-state index in [9.17, 15) is 47.9 Å². The first-order valence-corrected chi connectivity index (χ1v) is 19.6. The maximum atomic E-state index is 15.2. The number of nitrogens with two attached hydrogens (primary N) is 1. The van der Waals surface area contributed by atoms with Crippen LogP contribution in [-0.2, 0) is 44.9 Å². The molecule has 7 amide bonds. The lowest BCUT2D eigenvalue weighted by molar-refractivity contribution is -0.141. The van der Waals surface area contributed by atoms with Crippen molar-refractivity contribution in [1.29, 1.82) is 0 Å². The molecule has 2 aromatic carbocycles. The zero-order valence-electron chi connectivity index (χ0n) is 34.4. The van der Waals surface area contributed by atoms with Crippen molar-refractivity contribution in [2.75, 3.05) is 26.2 Å². The Balaban J connectivity index is 1.67. The molecule has 16 nitrogen and oxygen atoms in total. The molecule has 18 heteroatoms. The van der Waals surface area contributed by atoms with Gasteiger partial charge in [-0.2, -0.15) is 0 Å². The molecule has 0 unspecified atom stereocenters. The summed E-state index contributed by atoms with van der Waals surface area (Å²) in [6, 6.07) is 10.2. The fourth-order valence-electron chi connectivity index (χ4n) is 7.03. The maximum absolute atomic E-state index is 15.2. The van der Waals surface area contributed by atoms with Crippen LogP contribution in [0.25, 0.3) is 11.1 Å². The number of primary amides is 1. The first-order valence-electron chi connectivity index (χ1n) is 19.6. The molecule has 3 atom stereocenters. The number of carbonyl (C=O) groups is 8. The molecule has 0 saturated heterocycles. The van der Waals surface area contributed by atoms with Crippen LogP contribution < -0.4 is 21.7 Å². The number of halogens is 2. The summed E-state index contributed by atoms with van der Waals surface area (Å²) in [5.74, 6) is -7.08. The van der Waals surface area contributed by atoms with Crippen LogP contribution in [0.5, 0.6) is 0 Å². The number of hydrogen-bond donors (Lipinski definition) is 5. The van der Waals surface area contributed by atoms with Gasteiger partial charge in [-0.05, 0) is 48.1 Å². The van der Waals surface area contributed by atoms with Crippen LogP contribution in [0.4, 0.5) is 8.78 Å². The van der Waals surface area contributed by atoms with Crippen molar-refractivity contribution < 1.29 is 52.2 Å². The Hall–Kier alpha value is -6.56. The standard InChI is InChI=1S/C43H51F2N7O9/c1-26(54)48-34(21-36(46)56)42(61)49-33(41(60)47-17-8-11-30(55)24-52-37(57)14-15-38(52)58)16-18-51(39(59)25-53)40(43(2,3)4)35-19-28(31-20-29(44)12-13-32(31)45)23-50(35)22-27-9-6-5-7-10-27/h5-7,9-10,12-15,19-20,23,33-34,40,53H,8,11,16-18,21-22,24-25H2,1-4H3,(H2,46,56)(H,47,60)(H,48,54)(H,49,61)/t33-,34-,40-/m0/s1. The zero-order chi connectivity index (χ0) is 45.0. The minimum absolute atomic E-state index is 0.0263. The maximum Gasteiger partial charge on any atom is 0.254 e. The Morgan fingerprint density at radius 3 is 2.18 bits per heavy atom. The highest BCUT2D eigenvalue weighted by molar-refractivity contribution is 6.14. The molecule has 1 aliphatic rings. The molecule has 6 N–H and O–H groups in total. The number of aliphatic hydroxyl groups excluding tert-OH is 1. The van der Waals surface area contributed by atoms with Crippen molar-refractivity contribution >= 4 is 47.1 Å². The smallest absolute Gasteiger partial charge is 0.254 e. The Kier molecular flexibility index (Phi) is 16.3. The average molecular weight is 848 g/mol. The van der Waals surface area contributed by atoms with E-state index in [0.29, 0.717) is 11.3 Å². The molecule has 0 aliphatic carbocycles. The predicted octanol–water partition coefficient (Wildman–Crippen LogP) is 2.04. The van der Waals surface area contributed by atoms with Crippen molar-refractivity contribution in [2.24, 2.45) is 11.1 Å². The number of carbonyl (C=O) groups excluding carboxylic acids is 8. The molecular weight excluding hydrogens is 797 g/mol. The normalized spacial score (nSPS) is 14.0. The van der Waals surface area contributed by atoms with Gasteiger partial charge in [0.25, 0.3) is 11.8 Å². The van der Waals surface area contributed by atoms with Crippen LogP contribution in [0.1, 0.15) is 70.7 Å². The molecule has 0 saturated carbocycles. The number of amides is 7. The molecule has 0 spiro atoms. The van der Waals surface area contributed by atoms with Crippen LogP contribution in [0.3, 0.4) is 0 Å². The number of aromatic nitrogens is 1. The molecule has 4 rings (SSSR count). The van der Waals surface area contributed by atoms with Crippen molar-refractivity contribution in [1.82, 2.24) is 30.3 Å². The Morgan fingerprint density at radius 2 is 1.57 bits per heavy atom. The molecule has 61 heavy (non-hydrogen) atoms. The van der Waals surface area contributed by atoms with E-state index in [0.717, 1.165) is 47.7 Å². The van der Waals surface area contributed by atoms with Crippen LogP contribution in [0, 0.1) is 17.0 Å². The minimum atomic E-state index is -1.46. The second-order valence-corrected chi connectivity index (χ2v) is 15.7. The van der Waals surface area contributed by atoms with Gasteiger partial charge < -0.3 is 36.3 Å². The predicted molar refractivity (Wildman–Crippen MR) is 217 cm³/mol. The quantitative estimate of drug-likeness (QED) is 0.0779. The molecule has 2 heterocycles. The monoisotopic (exact) mass is 847 g/mol. The number of imide groups is 1. The number of nitrogens with zero attached hydrogens (tertiary/aromatic N) is 3. The first-order chi connectivity index (χ1) is 28.8. The summed E-state index contributed by atoms with van der Waals surface area (Å²) in [7, 11) is 0. The highest BCUT2D eigenvalue weighted by atomic mass is 19.1. The van der Waals surface area contributed by atoms with Crippen molar-refractivity contribution in [3.8, 4) is 11.1 Å². The first kappa shape index (κ1) is 47.1. The lowest BCUT2D eigenvalue weighted by atomic mass is 9.82. The third-order valence-electron chi connectivity index (χ3n) is 9.79. The number of hydrogen-bond acceptors (Lipinski definition) is 9. The Morgan fingerprint density at radius 1 is 0.902 bits per heavy atom. The summed E-state index contributed by atoms with van der Waals surface area (Å²) in [4.78, 5) is 103. The Labute approximate surface area is 351 Å². The molecule has 1 aromatic heterocycles. The molecular formula is C43H51F2N7O9. The van der Waals surface area contributed by atoms with E-state index in [-0.39, 0.29) is 44.5 Å². The van der Waals surface area contributed by atoms with Crippen LogP contribution in [0.15, 0.2) is 72.9 Å². The van der Waals surface area contributed by atoms with Gasteiger partial charge in [0.05, 0.1) is 19.0 Å². The van der Waals surface area contributed by atoms with Gasteiger partial charge in [-0.15, -0.1) is 0 Å². The van der Waals surface area contributed by atoms with Gasteiger partial charge in [0.2, 0.25) is 29.5 Å². The van der Waals surface area contributed by atoms with Crippen LogP contribution in [-0.4, -0.2) is 105 Å². The van der Waals surface area contributed by atoms with E-state index in [1.54, 1.807) is 16.8 Å². The fraction of sp³-hybridized carbons (Fsp3) is 0.395. The van der Waals surface area contributed by atoms with Crippen molar-refractivity contribution in [3.63, 3.8) is 0 Å². The van der Waals surface area contributed by atoms with Crippen LogP contribution >= 0.6 is 0 Å². The lowest BCUT2D eigenvalue weighted by Gasteiger charge is -2.41. The van der Waals surface area contributed by atoms with E-state index in [1.165, 1.54) is 4.90 Å². The van der Waals surface area contributed by atoms with E-state index in [4.69, 9.17) is 5.73 Å². The van der Waals surface area contributed by atoms with Gasteiger partial charge in [-0.1, -0.05) is 51.1 Å². The number of nitrogens with one attached hydrogen (secondary N) is 3. The minimum Gasteiger partial charge on any atom is -0.387 e.